The van der Waals surface area contributed by atoms with Crippen molar-refractivity contribution in [3.05, 3.63) is 60.4 Å². The van der Waals surface area contributed by atoms with Crippen molar-refractivity contribution in [3.63, 3.8) is 0 Å². The van der Waals surface area contributed by atoms with Crippen LogP contribution < -0.4 is 5.32 Å². The van der Waals surface area contributed by atoms with E-state index in [-0.39, 0.29) is 5.91 Å². The Labute approximate surface area is 164 Å². The van der Waals surface area contributed by atoms with Crippen molar-refractivity contribution in [3.8, 4) is 11.1 Å². The lowest BCUT2D eigenvalue weighted by Gasteiger charge is -2.29. The molecule has 1 N–H and O–H groups in total. The zero-order valence-electron chi connectivity index (χ0n) is 15.9. The Hall–Kier alpha value is -2.92. The van der Waals surface area contributed by atoms with Crippen LogP contribution in [-0.4, -0.2) is 41.8 Å². The minimum Gasteiger partial charge on any atom is -0.464 e. The fourth-order valence-electron chi connectivity index (χ4n) is 4.30. The smallest absolute Gasteiger partial charge is 0.256 e. The third kappa shape index (κ3) is 2.66. The van der Waals surface area contributed by atoms with E-state index in [1.807, 2.05) is 24.0 Å². The summed E-state index contributed by atoms with van der Waals surface area (Å²) in [6.45, 7) is 4.35. The number of carbonyl (C=O) groups excluding carboxylic acids is 1. The molecule has 3 aromatic rings. The van der Waals surface area contributed by atoms with Gasteiger partial charge in [-0.3, -0.25) is 14.7 Å². The Morgan fingerprint density at radius 1 is 1.04 bits per heavy atom. The van der Waals surface area contributed by atoms with Crippen molar-refractivity contribution in [2.24, 2.45) is 4.99 Å². The number of rotatable bonds is 3. The van der Waals surface area contributed by atoms with Crippen molar-refractivity contribution in [2.75, 3.05) is 19.6 Å². The van der Waals surface area contributed by atoms with Crippen LogP contribution in [0.15, 0.2) is 64.2 Å². The van der Waals surface area contributed by atoms with Crippen molar-refractivity contribution in [1.82, 2.24) is 10.2 Å². The molecule has 5 rings (SSSR count). The molecular weight excluding hydrogens is 350 g/mol. The van der Waals surface area contributed by atoms with Gasteiger partial charge in [-0.2, -0.15) is 0 Å². The number of furan rings is 1. The molecule has 5 nitrogen and oxygen atoms in total. The first-order valence-electron chi connectivity index (χ1n) is 9.91. The van der Waals surface area contributed by atoms with Gasteiger partial charge in [0.2, 0.25) is 0 Å². The average Bonchev–Trinajstić information content (AvgIpc) is 3.31. The molecule has 0 saturated carbocycles. The molecule has 1 spiro atoms. The predicted octanol–water partition coefficient (Wildman–Crippen LogP) is 3.83. The Bertz CT molecular complexity index is 1060. The fraction of sp³-hybridized carbons (Fsp3) is 0.304. The van der Waals surface area contributed by atoms with E-state index in [1.54, 1.807) is 6.26 Å². The van der Waals surface area contributed by atoms with Gasteiger partial charge in [0.05, 0.1) is 6.26 Å². The standard InChI is InChI=1S/C23H23N3O2/c1-2-26-21(25-23(22(26)27)10-12-24-13-11-23)17-5-3-16(4-6-17)18-7-8-20-19(15-18)9-14-28-20/h3-9,14-15,24H,2,10-13H2,1H3. The van der Waals surface area contributed by atoms with Gasteiger partial charge in [-0.05, 0) is 62.2 Å². The fourth-order valence-corrected chi connectivity index (χ4v) is 4.30. The number of aliphatic imine (C=N–C) groups is 1. The van der Waals surface area contributed by atoms with Crippen LogP contribution in [-0.2, 0) is 4.79 Å². The molecule has 0 atom stereocenters. The average molecular weight is 373 g/mol. The maximum atomic E-state index is 13.1. The van der Waals surface area contributed by atoms with Crippen molar-refractivity contribution < 1.29 is 9.21 Å². The van der Waals surface area contributed by atoms with Crippen LogP contribution in [0.1, 0.15) is 25.3 Å². The molecule has 0 unspecified atom stereocenters. The monoisotopic (exact) mass is 373 g/mol. The molecule has 28 heavy (non-hydrogen) atoms. The summed E-state index contributed by atoms with van der Waals surface area (Å²) in [6.07, 6.45) is 3.26. The summed E-state index contributed by atoms with van der Waals surface area (Å²) >= 11 is 0. The zero-order valence-corrected chi connectivity index (χ0v) is 15.9. The third-order valence-corrected chi connectivity index (χ3v) is 5.89. The number of carbonyl (C=O) groups is 1. The van der Waals surface area contributed by atoms with Crippen molar-refractivity contribution >= 4 is 22.7 Å². The van der Waals surface area contributed by atoms with Gasteiger partial charge in [0.15, 0.2) is 0 Å². The maximum Gasteiger partial charge on any atom is 0.256 e. The van der Waals surface area contributed by atoms with Crippen LogP contribution in [0.3, 0.4) is 0 Å². The van der Waals surface area contributed by atoms with Crippen LogP contribution in [0.2, 0.25) is 0 Å². The quantitative estimate of drug-likeness (QED) is 0.759. The predicted molar refractivity (Wildman–Crippen MR) is 110 cm³/mol. The van der Waals surface area contributed by atoms with Gasteiger partial charge in [0.1, 0.15) is 17.0 Å². The molecule has 5 heteroatoms. The molecule has 1 aromatic heterocycles. The van der Waals surface area contributed by atoms with Crippen LogP contribution in [0, 0.1) is 0 Å². The largest absolute Gasteiger partial charge is 0.464 e. The van der Waals surface area contributed by atoms with Gasteiger partial charge in [0, 0.05) is 17.5 Å². The minimum atomic E-state index is -0.568. The van der Waals surface area contributed by atoms with Gasteiger partial charge < -0.3 is 9.73 Å². The molecule has 142 valence electrons. The highest BCUT2D eigenvalue weighted by molar-refractivity contribution is 6.15. The number of benzene rings is 2. The van der Waals surface area contributed by atoms with E-state index < -0.39 is 5.54 Å². The summed E-state index contributed by atoms with van der Waals surface area (Å²) in [5, 5.41) is 4.43. The van der Waals surface area contributed by atoms with Crippen LogP contribution in [0.5, 0.6) is 0 Å². The highest BCUT2D eigenvalue weighted by atomic mass is 16.3. The van der Waals surface area contributed by atoms with E-state index in [0.29, 0.717) is 6.54 Å². The first kappa shape index (κ1) is 17.2. The van der Waals surface area contributed by atoms with Crippen molar-refractivity contribution in [1.29, 1.82) is 0 Å². The van der Waals surface area contributed by atoms with E-state index >= 15 is 0 Å². The van der Waals surface area contributed by atoms with Gasteiger partial charge in [-0.25, -0.2) is 0 Å². The number of nitrogens with one attached hydrogen (secondary N) is 1. The Kier molecular flexibility index (Phi) is 4.05. The van der Waals surface area contributed by atoms with E-state index in [4.69, 9.17) is 9.41 Å². The molecule has 2 aliphatic rings. The molecule has 1 amide bonds. The molecule has 2 aromatic carbocycles. The lowest BCUT2D eigenvalue weighted by Crippen LogP contribution is -2.48. The summed E-state index contributed by atoms with van der Waals surface area (Å²) < 4.78 is 5.43. The first-order valence-corrected chi connectivity index (χ1v) is 9.91. The van der Waals surface area contributed by atoms with Gasteiger partial charge in [-0.15, -0.1) is 0 Å². The highest BCUT2D eigenvalue weighted by Crippen LogP contribution is 2.34. The SMILES string of the molecule is CCN1C(=O)C2(CCNCC2)N=C1c1ccc(-c2ccc3occc3c2)cc1. The second-order valence-electron chi connectivity index (χ2n) is 7.52. The molecular formula is C23H23N3O2. The number of hydrogen-bond donors (Lipinski definition) is 1. The number of piperidine rings is 1. The maximum absolute atomic E-state index is 13.1. The normalized spacial score (nSPS) is 18.8. The number of amides is 1. The number of nitrogens with zero attached hydrogens (tertiary/aromatic N) is 2. The van der Waals surface area contributed by atoms with Gasteiger partial charge >= 0.3 is 0 Å². The molecule has 1 fully saturated rings. The molecule has 2 aliphatic heterocycles. The van der Waals surface area contributed by atoms with Crippen molar-refractivity contribution in [2.45, 2.75) is 25.3 Å². The third-order valence-electron chi connectivity index (χ3n) is 5.89. The Balaban J connectivity index is 1.49. The summed E-state index contributed by atoms with van der Waals surface area (Å²) in [4.78, 5) is 19.9. The summed E-state index contributed by atoms with van der Waals surface area (Å²) in [6, 6.07) is 16.5. The molecule has 0 bridgehead atoms. The van der Waals surface area contributed by atoms with Gasteiger partial charge in [0.25, 0.3) is 5.91 Å². The Morgan fingerprint density at radius 3 is 2.50 bits per heavy atom. The highest BCUT2D eigenvalue weighted by Gasteiger charge is 2.48. The van der Waals surface area contributed by atoms with Crippen LogP contribution in [0.4, 0.5) is 0 Å². The Morgan fingerprint density at radius 2 is 1.75 bits per heavy atom. The number of hydrogen-bond acceptors (Lipinski definition) is 4. The lowest BCUT2D eigenvalue weighted by atomic mass is 9.88. The van der Waals surface area contributed by atoms with Gasteiger partial charge in [-0.1, -0.05) is 30.3 Å². The second-order valence-corrected chi connectivity index (χ2v) is 7.52. The number of fused-ring (bicyclic) bond motifs is 1. The summed E-state index contributed by atoms with van der Waals surface area (Å²) in [7, 11) is 0. The number of amidine groups is 1. The molecule has 0 aliphatic carbocycles. The molecule has 0 radical (unpaired) electrons. The number of likely N-dealkylation sites (N-methyl/N-ethyl adjacent to an activating group) is 1. The molecule has 3 heterocycles. The van der Waals surface area contributed by atoms with E-state index in [0.717, 1.165) is 59.4 Å². The first-order chi connectivity index (χ1) is 13.7. The van der Waals surface area contributed by atoms with Crippen LogP contribution in [0.25, 0.3) is 22.1 Å². The summed E-state index contributed by atoms with van der Waals surface area (Å²) in [5.41, 5.74) is 3.61. The topological polar surface area (TPSA) is 57.8 Å². The summed E-state index contributed by atoms with van der Waals surface area (Å²) in [5.74, 6) is 0.965. The van der Waals surface area contributed by atoms with E-state index in [9.17, 15) is 4.79 Å². The molecule has 1 saturated heterocycles. The van der Waals surface area contributed by atoms with E-state index in [1.165, 1.54) is 0 Å². The van der Waals surface area contributed by atoms with E-state index in [2.05, 4.69) is 41.7 Å². The zero-order chi connectivity index (χ0) is 19.1. The minimum absolute atomic E-state index is 0.154. The lowest BCUT2D eigenvalue weighted by molar-refractivity contribution is -0.131. The second kappa shape index (κ2) is 6.60. The van der Waals surface area contributed by atoms with Crippen LogP contribution >= 0.6 is 0 Å².